The minimum absolute atomic E-state index is 0.0829. The first kappa shape index (κ1) is 17.0. The molecule has 0 amide bonds. The maximum Gasteiger partial charge on any atom is 0.354 e. The molecule has 3 aromatic rings. The molecule has 25 heavy (non-hydrogen) atoms. The van der Waals surface area contributed by atoms with Crippen LogP contribution >= 0.6 is 0 Å². The number of aromatic amines is 1. The Morgan fingerprint density at radius 1 is 1.08 bits per heavy atom. The number of carbonyl (C=O) groups excluding carboxylic acids is 1. The number of esters is 1. The van der Waals surface area contributed by atoms with Crippen LogP contribution in [0.2, 0.25) is 0 Å². The van der Waals surface area contributed by atoms with Crippen molar-refractivity contribution in [3.63, 3.8) is 0 Å². The number of nitrogens with one attached hydrogen (secondary N) is 1. The zero-order valence-electron chi connectivity index (χ0n) is 13.8. The van der Waals surface area contributed by atoms with E-state index in [1.54, 1.807) is 37.3 Å². The fourth-order valence-electron chi connectivity index (χ4n) is 2.36. The van der Waals surface area contributed by atoms with Crippen LogP contribution in [0, 0.1) is 6.92 Å². The summed E-state index contributed by atoms with van der Waals surface area (Å²) < 4.78 is 34.8. The van der Waals surface area contributed by atoms with Crippen molar-refractivity contribution in [3.05, 3.63) is 59.8 Å². The monoisotopic (exact) mass is 359 g/mol. The Hall–Kier alpha value is -2.80. The summed E-state index contributed by atoms with van der Waals surface area (Å²) in [6.07, 6.45) is 0. The number of ether oxygens (including phenoxy) is 1. The second kappa shape index (κ2) is 6.60. The molecule has 0 atom stereocenters. The number of aromatic nitrogens is 1. The van der Waals surface area contributed by atoms with Gasteiger partial charge in [0.05, 0.1) is 6.61 Å². The van der Waals surface area contributed by atoms with E-state index < -0.39 is 16.1 Å². The zero-order valence-corrected chi connectivity index (χ0v) is 14.6. The number of rotatable bonds is 5. The first-order valence-electron chi connectivity index (χ1n) is 7.70. The third-order valence-corrected chi connectivity index (χ3v) is 4.86. The van der Waals surface area contributed by atoms with Crippen LogP contribution in [0.15, 0.2) is 53.4 Å². The van der Waals surface area contributed by atoms with Crippen molar-refractivity contribution in [3.8, 4) is 5.75 Å². The van der Waals surface area contributed by atoms with Crippen LogP contribution in [0.4, 0.5) is 0 Å². The molecule has 7 heteroatoms. The van der Waals surface area contributed by atoms with Gasteiger partial charge in [-0.15, -0.1) is 0 Å². The molecule has 6 nitrogen and oxygen atoms in total. The molecule has 3 rings (SSSR count). The first-order chi connectivity index (χ1) is 11.9. The maximum absolute atomic E-state index is 12.3. The van der Waals surface area contributed by atoms with E-state index in [0.717, 1.165) is 5.56 Å². The molecule has 0 unspecified atom stereocenters. The lowest BCUT2D eigenvalue weighted by Gasteiger charge is -2.07. The summed E-state index contributed by atoms with van der Waals surface area (Å²) in [5.41, 5.74) is 1.94. The van der Waals surface area contributed by atoms with E-state index in [4.69, 9.17) is 8.92 Å². The standard InChI is InChI=1S/C18H17NO5S/c1-3-23-18(20)17-11-13-10-14(6-9-16(13)19-17)24-25(21,22)15-7-4-12(2)5-8-15/h4-11,19H,3H2,1-2H3. The maximum atomic E-state index is 12.3. The van der Waals surface area contributed by atoms with Crippen molar-refractivity contribution in [2.75, 3.05) is 6.61 Å². The normalized spacial score (nSPS) is 11.4. The van der Waals surface area contributed by atoms with E-state index in [1.165, 1.54) is 18.2 Å². The molecule has 0 bridgehead atoms. The van der Waals surface area contributed by atoms with Gasteiger partial charge in [-0.1, -0.05) is 17.7 Å². The highest BCUT2D eigenvalue weighted by molar-refractivity contribution is 7.87. The molecule has 1 N–H and O–H groups in total. The van der Waals surface area contributed by atoms with Gasteiger partial charge in [-0.05, 0) is 50.2 Å². The second-order valence-electron chi connectivity index (χ2n) is 5.50. The Labute approximate surface area is 145 Å². The van der Waals surface area contributed by atoms with Gasteiger partial charge in [0.1, 0.15) is 16.3 Å². The molecule has 0 aliphatic carbocycles. The van der Waals surface area contributed by atoms with E-state index in [0.29, 0.717) is 16.6 Å². The van der Waals surface area contributed by atoms with Crippen LogP contribution in [0.25, 0.3) is 10.9 Å². The van der Waals surface area contributed by atoms with Gasteiger partial charge in [-0.2, -0.15) is 8.42 Å². The summed E-state index contributed by atoms with van der Waals surface area (Å²) in [5, 5.41) is 0.652. The highest BCUT2D eigenvalue weighted by atomic mass is 32.2. The van der Waals surface area contributed by atoms with Crippen LogP contribution in [0.5, 0.6) is 5.75 Å². The Bertz CT molecular complexity index is 1020. The van der Waals surface area contributed by atoms with Gasteiger partial charge in [0.25, 0.3) is 0 Å². The lowest BCUT2D eigenvalue weighted by Crippen LogP contribution is -2.09. The molecular weight excluding hydrogens is 342 g/mol. The highest BCUT2D eigenvalue weighted by Gasteiger charge is 2.17. The topological polar surface area (TPSA) is 85.5 Å². The molecule has 130 valence electrons. The smallest absolute Gasteiger partial charge is 0.354 e. The largest absolute Gasteiger partial charge is 0.461 e. The summed E-state index contributed by atoms with van der Waals surface area (Å²) in [5.74, 6) is -0.295. The number of carbonyl (C=O) groups is 1. The van der Waals surface area contributed by atoms with Gasteiger partial charge in [-0.25, -0.2) is 4.79 Å². The van der Waals surface area contributed by atoms with Crippen molar-refractivity contribution in [1.29, 1.82) is 0 Å². The summed E-state index contributed by atoms with van der Waals surface area (Å²) in [7, 11) is -3.92. The molecule has 0 saturated carbocycles. The second-order valence-corrected chi connectivity index (χ2v) is 7.05. The van der Waals surface area contributed by atoms with Crippen LogP contribution in [-0.4, -0.2) is 26.0 Å². The lowest BCUT2D eigenvalue weighted by atomic mass is 10.2. The fourth-order valence-corrected chi connectivity index (χ4v) is 3.28. The molecule has 0 spiro atoms. The number of aryl methyl sites for hydroxylation is 1. The van der Waals surface area contributed by atoms with E-state index in [9.17, 15) is 13.2 Å². The number of H-pyrrole nitrogens is 1. The van der Waals surface area contributed by atoms with Crippen LogP contribution < -0.4 is 4.18 Å². The SMILES string of the molecule is CCOC(=O)c1cc2cc(OS(=O)(=O)c3ccc(C)cc3)ccc2[nH]1. The molecule has 0 fully saturated rings. The predicted octanol–water partition coefficient (Wildman–Crippen LogP) is 3.42. The van der Waals surface area contributed by atoms with Gasteiger partial charge in [0.2, 0.25) is 0 Å². The van der Waals surface area contributed by atoms with Crippen molar-refractivity contribution >= 4 is 27.0 Å². The highest BCUT2D eigenvalue weighted by Crippen LogP contribution is 2.25. The Morgan fingerprint density at radius 3 is 2.48 bits per heavy atom. The van der Waals surface area contributed by atoms with Crippen LogP contribution in [0.3, 0.4) is 0 Å². The van der Waals surface area contributed by atoms with Crippen molar-refractivity contribution in [2.45, 2.75) is 18.7 Å². The molecule has 0 saturated heterocycles. The first-order valence-corrected chi connectivity index (χ1v) is 9.11. The number of hydrogen-bond donors (Lipinski definition) is 1. The molecule has 1 heterocycles. The third kappa shape index (κ3) is 3.66. The van der Waals surface area contributed by atoms with Crippen molar-refractivity contribution in [2.24, 2.45) is 0 Å². The van der Waals surface area contributed by atoms with Gasteiger partial charge in [0, 0.05) is 10.9 Å². The molecule has 2 aromatic carbocycles. The average Bonchev–Trinajstić information content (AvgIpc) is 2.98. The zero-order chi connectivity index (χ0) is 18.0. The summed E-state index contributed by atoms with van der Waals surface area (Å²) in [4.78, 5) is 14.8. The predicted molar refractivity (Wildman–Crippen MR) is 93.2 cm³/mol. The Kier molecular flexibility index (Phi) is 4.50. The van der Waals surface area contributed by atoms with E-state index >= 15 is 0 Å². The molecular formula is C18H17NO5S. The summed E-state index contributed by atoms with van der Waals surface area (Å²) in [6, 6.07) is 12.7. The Balaban J connectivity index is 1.88. The van der Waals surface area contributed by atoms with Gasteiger partial charge in [-0.3, -0.25) is 0 Å². The average molecular weight is 359 g/mol. The number of benzene rings is 2. The van der Waals surface area contributed by atoms with Crippen molar-refractivity contribution < 1.29 is 22.1 Å². The summed E-state index contributed by atoms with van der Waals surface area (Å²) in [6.45, 7) is 3.87. The lowest BCUT2D eigenvalue weighted by molar-refractivity contribution is 0.0520. The van der Waals surface area contributed by atoms with Crippen LogP contribution in [0.1, 0.15) is 23.0 Å². The Morgan fingerprint density at radius 2 is 1.80 bits per heavy atom. The number of fused-ring (bicyclic) bond motifs is 1. The molecule has 1 aromatic heterocycles. The number of hydrogen-bond acceptors (Lipinski definition) is 5. The van der Waals surface area contributed by atoms with Gasteiger partial charge >= 0.3 is 16.1 Å². The fraction of sp³-hybridized carbons (Fsp3) is 0.167. The quantitative estimate of drug-likeness (QED) is 0.557. The molecule has 0 aliphatic heterocycles. The molecule has 0 radical (unpaired) electrons. The van der Waals surface area contributed by atoms with Gasteiger partial charge in [0.15, 0.2) is 0 Å². The van der Waals surface area contributed by atoms with E-state index in [-0.39, 0.29) is 17.3 Å². The van der Waals surface area contributed by atoms with E-state index in [2.05, 4.69) is 4.98 Å². The minimum Gasteiger partial charge on any atom is -0.461 e. The summed E-state index contributed by atoms with van der Waals surface area (Å²) >= 11 is 0. The van der Waals surface area contributed by atoms with Gasteiger partial charge < -0.3 is 13.9 Å². The third-order valence-electron chi connectivity index (χ3n) is 3.60. The minimum atomic E-state index is -3.92. The molecule has 0 aliphatic rings. The van der Waals surface area contributed by atoms with Crippen molar-refractivity contribution in [1.82, 2.24) is 4.98 Å². The van der Waals surface area contributed by atoms with Crippen LogP contribution in [-0.2, 0) is 14.9 Å². The van der Waals surface area contributed by atoms with E-state index in [1.807, 2.05) is 6.92 Å².